The number of aromatic amines is 1. The van der Waals surface area contributed by atoms with Crippen LogP contribution in [-0.4, -0.2) is 42.5 Å². The number of likely N-dealkylation sites (N-methyl/N-ethyl adjacent to an activating group) is 1. The van der Waals surface area contributed by atoms with Crippen LogP contribution in [0.4, 0.5) is 5.69 Å². The van der Waals surface area contributed by atoms with Gasteiger partial charge < -0.3 is 26.1 Å². The van der Waals surface area contributed by atoms with Gasteiger partial charge in [-0.3, -0.25) is 0 Å². The first-order valence-corrected chi connectivity index (χ1v) is 8.59. The summed E-state index contributed by atoms with van der Waals surface area (Å²) in [5.74, 6) is 0.0778. The smallest absolute Gasteiger partial charge is 0.343 e. The minimum atomic E-state index is -0.432. The maximum Gasteiger partial charge on any atom is 0.343 e. The molecular weight excluding hydrogens is 342 g/mol. The molecule has 5 N–H and O–H groups in total. The van der Waals surface area contributed by atoms with Crippen LogP contribution in [0, 0.1) is 0 Å². The fourth-order valence-electron chi connectivity index (χ4n) is 2.83. The average Bonchev–Trinajstić information content (AvgIpc) is 3.04. The highest BCUT2D eigenvalue weighted by Gasteiger charge is 2.14. The van der Waals surface area contributed by atoms with Crippen molar-refractivity contribution < 1.29 is 9.53 Å². The summed E-state index contributed by atoms with van der Waals surface area (Å²) in [6.45, 7) is 0.904. The average molecular weight is 365 g/mol. The number of esters is 1. The van der Waals surface area contributed by atoms with Gasteiger partial charge in [-0.25, -0.2) is 9.79 Å². The third kappa shape index (κ3) is 4.45. The van der Waals surface area contributed by atoms with Gasteiger partial charge in [0.1, 0.15) is 5.75 Å². The van der Waals surface area contributed by atoms with Crippen LogP contribution in [0.15, 0.2) is 53.7 Å². The van der Waals surface area contributed by atoms with Crippen molar-refractivity contribution in [3.63, 3.8) is 0 Å². The van der Waals surface area contributed by atoms with E-state index in [0.717, 1.165) is 29.4 Å². The van der Waals surface area contributed by atoms with Gasteiger partial charge in [0.25, 0.3) is 0 Å². The zero-order valence-corrected chi connectivity index (χ0v) is 15.4. The molecule has 0 saturated heterocycles. The quantitative estimate of drug-likeness (QED) is 0.269. The predicted octanol–water partition coefficient (Wildman–Crippen LogP) is 2.40. The number of fused-ring (bicyclic) bond motifs is 1. The summed E-state index contributed by atoms with van der Waals surface area (Å²) in [7, 11) is 4.06. The first-order valence-electron chi connectivity index (χ1n) is 8.59. The van der Waals surface area contributed by atoms with Crippen LogP contribution in [-0.2, 0) is 6.42 Å². The van der Waals surface area contributed by atoms with E-state index in [0.29, 0.717) is 17.0 Å². The van der Waals surface area contributed by atoms with Crippen LogP contribution >= 0.6 is 0 Å². The molecule has 1 aromatic heterocycles. The van der Waals surface area contributed by atoms with Gasteiger partial charge >= 0.3 is 5.97 Å². The first-order chi connectivity index (χ1) is 12.9. The van der Waals surface area contributed by atoms with Crippen LogP contribution in [0.25, 0.3) is 10.9 Å². The molecule has 0 fully saturated rings. The van der Waals surface area contributed by atoms with Crippen molar-refractivity contribution in [1.82, 2.24) is 9.88 Å². The molecule has 0 aliphatic rings. The van der Waals surface area contributed by atoms with Crippen molar-refractivity contribution in [1.29, 1.82) is 0 Å². The number of rotatable bonds is 6. The number of hydrogen-bond acceptors (Lipinski definition) is 4. The number of nitrogens with two attached hydrogens (primary N) is 2. The topological polar surface area (TPSA) is 110 Å². The van der Waals surface area contributed by atoms with Gasteiger partial charge in [0, 0.05) is 23.6 Å². The molecule has 3 aromatic rings. The molecule has 0 spiro atoms. The molecular formula is C20H23N5O2. The zero-order valence-electron chi connectivity index (χ0n) is 15.4. The van der Waals surface area contributed by atoms with Gasteiger partial charge in [-0.1, -0.05) is 6.07 Å². The summed E-state index contributed by atoms with van der Waals surface area (Å²) in [5, 5.41) is 0.935. The minimum Gasteiger partial charge on any atom is -0.422 e. The Bertz CT molecular complexity index is 970. The zero-order chi connectivity index (χ0) is 19.4. The fourth-order valence-corrected chi connectivity index (χ4v) is 2.83. The van der Waals surface area contributed by atoms with Crippen LogP contribution in [0.5, 0.6) is 5.75 Å². The SMILES string of the molecule is CN(C)CCc1c[nH]c2cccc(OC(=O)c3ccc(N=C(N)N)cc3)c12. The Labute approximate surface area is 157 Å². The Morgan fingerprint density at radius 3 is 2.56 bits per heavy atom. The van der Waals surface area contributed by atoms with Crippen molar-refractivity contribution in [2.45, 2.75) is 6.42 Å². The second-order valence-corrected chi connectivity index (χ2v) is 6.52. The number of aromatic nitrogens is 1. The maximum atomic E-state index is 12.6. The molecule has 0 saturated carbocycles. The van der Waals surface area contributed by atoms with Crippen LogP contribution < -0.4 is 16.2 Å². The van der Waals surface area contributed by atoms with Crippen molar-refractivity contribution in [2.75, 3.05) is 20.6 Å². The molecule has 0 atom stereocenters. The molecule has 1 heterocycles. The summed E-state index contributed by atoms with van der Waals surface area (Å²) in [6, 6.07) is 12.2. The summed E-state index contributed by atoms with van der Waals surface area (Å²) in [6.07, 6.45) is 2.82. The number of ether oxygens (including phenoxy) is 1. The highest BCUT2D eigenvalue weighted by Crippen LogP contribution is 2.30. The van der Waals surface area contributed by atoms with Gasteiger partial charge in [-0.2, -0.15) is 0 Å². The first kappa shape index (κ1) is 18.5. The predicted molar refractivity (Wildman–Crippen MR) is 107 cm³/mol. The Kier molecular flexibility index (Phi) is 5.42. The number of guanidine groups is 1. The molecule has 3 rings (SSSR count). The van der Waals surface area contributed by atoms with E-state index in [1.54, 1.807) is 30.3 Å². The van der Waals surface area contributed by atoms with Gasteiger partial charge in [0.05, 0.1) is 11.3 Å². The number of H-pyrrole nitrogens is 1. The summed E-state index contributed by atoms with van der Waals surface area (Å²) < 4.78 is 5.68. The Morgan fingerprint density at radius 2 is 1.89 bits per heavy atom. The number of nitrogens with one attached hydrogen (secondary N) is 1. The lowest BCUT2D eigenvalue weighted by Crippen LogP contribution is -2.21. The third-order valence-corrected chi connectivity index (χ3v) is 4.14. The highest BCUT2D eigenvalue weighted by molar-refractivity contribution is 5.96. The molecule has 0 unspecified atom stereocenters. The van der Waals surface area contributed by atoms with Crippen molar-refractivity contribution in [3.8, 4) is 5.75 Å². The number of aliphatic imine (C=N–C) groups is 1. The van der Waals surface area contributed by atoms with Crippen LogP contribution in [0.1, 0.15) is 15.9 Å². The van der Waals surface area contributed by atoms with Gasteiger partial charge in [0.15, 0.2) is 5.96 Å². The van der Waals surface area contributed by atoms with E-state index < -0.39 is 5.97 Å². The molecule has 0 aliphatic heterocycles. The standard InChI is InChI=1S/C20H23N5O2/c1-25(2)11-10-14-12-23-16-4-3-5-17(18(14)16)27-19(26)13-6-8-15(9-7-13)24-20(21)22/h3-9,12,23H,10-11H2,1-2H3,(H4,21,22,24). The van der Waals surface area contributed by atoms with E-state index >= 15 is 0 Å². The number of hydrogen-bond donors (Lipinski definition) is 3. The van der Waals surface area contributed by atoms with Crippen molar-refractivity contribution in [2.24, 2.45) is 16.5 Å². The molecule has 0 amide bonds. The van der Waals surface area contributed by atoms with E-state index in [-0.39, 0.29) is 5.96 Å². The number of carbonyl (C=O) groups is 1. The number of carbonyl (C=O) groups excluding carboxylic acids is 1. The normalized spacial score (nSPS) is 10.9. The van der Waals surface area contributed by atoms with Gasteiger partial charge in [-0.05, 0) is 62.5 Å². The lowest BCUT2D eigenvalue weighted by molar-refractivity contribution is 0.0737. The highest BCUT2D eigenvalue weighted by atomic mass is 16.5. The fraction of sp³-hybridized carbons (Fsp3) is 0.200. The largest absolute Gasteiger partial charge is 0.422 e. The molecule has 0 aliphatic carbocycles. The monoisotopic (exact) mass is 365 g/mol. The minimum absolute atomic E-state index is 0.0327. The Balaban J connectivity index is 1.84. The van der Waals surface area contributed by atoms with Gasteiger partial charge in [-0.15, -0.1) is 0 Å². The Hall–Kier alpha value is -3.32. The van der Waals surface area contributed by atoms with Crippen LogP contribution in [0.3, 0.4) is 0 Å². The molecule has 0 bridgehead atoms. The van der Waals surface area contributed by atoms with E-state index in [1.165, 1.54) is 0 Å². The second-order valence-electron chi connectivity index (χ2n) is 6.52. The molecule has 7 heteroatoms. The molecule has 140 valence electrons. The second kappa shape index (κ2) is 7.92. The lowest BCUT2D eigenvalue weighted by Gasteiger charge is -2.10. The third-order valence-electron chi connectivity index (χ3n) is 4.14. The molecule has 7 nitrogen and oxygen atoms in total. The van der Waals surface area contributed by atoms with E-state index in [4.69, 9.17) is 16.2 Å². The number of benzene rings is 2. The van der Waals surface area contributed by atoms with E-state index in [9.17, 15) is 4.79 Å². The molecule has 0 radical (unpaired) electrons. The number of nitrogens with zero attached hydrogens (tertiary/aromatic N) is 2. The van der Waals surface area contributed by atoms with Crippen molar-refractivity contribution in [3.05, 3.63) is 59.8 Å². The van der Waals surface area contributed by atoms with Gasteiger partial charge in [0.2, 0.25) is 0 Å². The molecule has 27 heavy (non-hydrogen) atoms. The van der Waals surface area contributed by atoms with Crippen molar-refractivity contribution >= 4 is 28.5 Å². The summed E-state index contributed by atoms with van der Waals surface area (Å²) in [4.78, 5) is 21.9. The summed E-state index contributed by atoms with van der Waals surface area (Å²) in [5.41, 5.74) is 13.8. The van der Waals surface area contributed by atoms with E-state index in [1.807, 2.05) is 32.4 Å². The lowest BCUT2D eigenvalue weighted by atomic mass is 10.1. The van der Waals surface area contributed by atoms with E-state index in [2.05, 4.69) is 14.9 Å². The molecule has 2 aromatic carbocycles. The van der Waals surface area contributed by atoms with Crippen LogP contribution in [0.2, 0.25) is 0 Å². The summed E-state index contributed by atoms with van der Waals surface area (Å²) >= 11 is 0. The maximum absolute atomic E-state index is 12.6. The Morgan fingerprint density at radius 1 is 1.15 bits per heavy atom.